The van der Waals surface area contributed by atoms with Gasteiger partial charge in [0.25, 0.3) is 0 Å². The lowest BCUT2D eigenvalue weighted by atomic mass is 10.2. The van der Waals surface area contributed by atoms with Gasteiger partial charge in [0.15, 0.2) is 11.6 Å². The van der Waals surface area contributed by atoms with E-state index in [1.54, 1.807) is 19.6 Å². The zero-order valence-electron chi connectivity index (χ0n) is 9.93. The molecule has 2 aromatic rings. The van der Waals surface area contributed by atoms with Crippen LogP contribution in [0.25, 0.3) is 11.3 Å². The van der Waals surface area contributed by atoms with E-state index in [1.807, 2.05) is 6.07 Å². The van der Waals surface area contributed by atoms with Crippen molar-refractivity contribution in [3.8, 4) is 17.0 Å². The van der Waals surface area contributed by atoms with Crippen molar-refractivity contribution in [3.63, 3.8) is 0 Å². The SMILES string of the molecule is CCCNc1ncnc(-c2ccoc2)c1OC. The Morgan fingerprint density at radius 1 is 1.41 bits per heavy atom. The standard InChI is InChI=1S/C12H15N3O2/c1-3-5-13-12-11(16-2)10(14-8-15-12)9-4-6-17-7-9/h4,6-8H,3,5H2,1-2H3,(H,13,14,15). The molecule has 0 saturated heterocycles. The first-order chi connectivity index (χ1) is 8.36. The monoisotopic (exact) mass is 233 g/mol. The van der Waals surface area contributed by atoms with Gasteiger partial charge >= 0.3 is 0 Å². The zero-order chi connectivity index (χ0) is 12.1. The molecule has 17 heavy (non-hydrogen) atoms. The van der Waals surface area contributed by atoms with Crippen LogP contribution in [0.4, 0.5) is 5.82 Å². The number of nitrogens with one attached hydrogen (secondary N) is 1. The molecule has 0 amide bonds. The molecule has 90 valence electrons. The van der Waals surface area contributed by atoms with Gasteiger partial charge in [0.05, 0.1) is 19.6 Å². The number of nitrogens with zero attached hydrogens (tertiary/aromatic N) is 2. The normalized spacial score (nSPS) is 10.2. The van der Waals surface area contributed by atoms with E-state index in [1.165, 1.54) is 6.33 Å². The highest BCUT2D eigenvalue weighted by Gasteiger charge is 2.14. The highest BCUT2D eigenvalue weighted by molar-refractivity contribution is 5.71. The van der Waals surface area contributed by atoms with Crippen LogP contribution in [0, 0.1) is 0 Å². The van der Waals surface area contributed by atoms with Crippen molar-refractivity contribution in [1.29, 1.82) is 0 Å². The molecule has 0 bridgehead atoms. The van der Waals surface area contributed by atoms with Gasteiger partial charge in [-0.05, 0) is 12.5 Å². The van der Waals surface area contributed by atoms with E-state index < -0.39 is 0 Å². The Morgan fingerprint density at radius 2 is 2.29 bits per heavy atom. The molecule has 0 radical (unpaired) electrons. The molecule has 0 spiro atoms. The molecular weight excluding hydrogens is 218 g/mol. The van der Waals surface area contributed by atoms with Crippen LogP contribution in [0.1, 0.15) is 13.3 Å². The van der Waals surface area contributed by atoms with Crippen LogP contribution in [0.5, 0.6) is 5.75 Å². The van der Waals surface area contributed by atoms with Gasteiger partial charge in [0.2, 0.25) is 0 Å². The fourth-order valence-corrected chi connectivity index (χ4v) is 1.54. The maximum atomic E-state index is 5.37. The Morgan fingerprint density at radius 3 is 2.94 bits per heavy atom. The highest BCUT2D eigenvalue weighted by atomic mass is 16.5. The van der Waals surface area contributed by atoms with Crippen molar-refractivity contribution in [2.75, 3.05) is 19.0 Å². The van der Waals surface area contributed by atoms with E-state index in [-0.39, 0.29) is 0 Å². The highest BCUT2D eigenvalue weighted by Crippen LogP contribution is 2.32. The lowest BCUT2D eigenvalue weighted by molar-refractivity contribution is 0.414. The lowest BCUT2D eigenvalue weighted by Crippen LogP contribution is -2.05. The van der Waals surface area contributed by atoms with Gasteiger partial charge in [0.1, 0.15) is 12.0 Å². The fraction of sp³-hybridized carbons (Fsp3) is 0.333. The molecule has 2 aromatic heterocycles. The van der Waals surface area contributed by atoms with Gasteiger partial charge in [-0.15, -0.1) is 0 Å². The molecule has 0 aliphatic heterocycles. The minimum Gasteiger partial charge on any atom is -0.491 e. The van der Waals surface area contributed by atoms with E-state index in [9.17, 15) is 0 Å². The maximum absolute atomic E-state index is 5.37. The smallest absolute Gasteiger partial charge is 0.187 e. The summed E-state index contributed by atoms with van der Waals surface area (Å²) in [4.78, 5) is 8.40. The summed E-state index contributed by atoms with van der Waals surface area (Å²) >= 11 is 0. The summed E-state index contributed by atoms with van der Waals surface area (Å²) in [6.07, 6.45) is 5.78. The minimum absolute atomic E-state index is 0.641. The Labute approximate surface area is 99.8 Å². The third kappa shape index (κ3) is 2.38. The molecule has 0 aliphatic rings. The number of aromatic nitrogens is 2. The number of ether oxygens (including phenoxy) is 1. The average Bonchev–Trinajstić information content (AvgIpc) is 2.89. The summed E-state index contributed by atoms with van der Waals surface area (Å²) < 4.78 is 10.4. The number of hydrogen-bond donors (Lipinski definition) is 1. The largest absolute Gasteiger partial charge is 0.491 e. The number of furan rings is 1. The first-order valence-corrected chi connectivity index (χ1v) is 5.52. The van der Waals surface area contributed by atoms with Gasteiger partial charge < -0.3 is 14.5 Å². The lowest BCUT2D eigenvalue weighted by Gasteiger charge is -2.11. The van der Waals surface area contributed by atoms with E-state index in [0.29, 0.717) is 11.6 Å². The van der Waals surface area contributed by atoms with Crippen LogP contribution < -0.4 is 10.1 Å². The molecule has 5 heteroatoms. The molecular formula is C12H15N3O2. The Hall–Kier alpha value is -2.04. The van der Waals surface area contributed by atoms with Gasteiger partial charge in [-0.2, -0.15) is 0 Å². The molecule has 0 atom stereocenters. The first-order valence-electron chi connectivity index (χ1n) is 5.52. The average molecular weight is 233 g/mol. The maximum Gasteiger partial charge on any atom is 0.187 e. The van der Waals surface area contributed by atoms with Gasteiger partial charge in [-0.25, -0.2) is 9.97 Å². The van der Waals surface area contributed by atoms with Crippen LogP contribution in [0.3, 0.4) is 0 Å². The Kier molecular flexibility index (Phi) is 3.59. The molecule has 0 fully saturated rings. The second kappa shape index (κ2) is 5.34. The first kappa shape index (κ1) is 11.4. The zero-order valence-corrected chi connectivity index (χ0v) is 9.93. The number of methoxy groups -OCH3 is 1. The van der Waals surface area contributed by atoms with E-state index in [0.717, 1.165) is 24.2 Å². The molecule has 1 N–H and O–H groups in total. The summed E-state index contributed by atoms with van der Waals surface area (Å²) in [6.45, 7) is 2.94. The summed E-state index contributed by atoms with van der Waals surface area (Å²) in [5.74, 6) is 1.35. The second-order valence-corrected chi connectivity index (χ2v) is 3.54. The predicted octanol–water partition coefficient (Wildman–Crippen LogP) is 2.57. The van der Waals surface area contributed by atoms with E-state index in [4.69, 9.17) is 9.15 Å². The van der Waals surface area contributed by atoms with Gasteiger partial charge in [-0.3, -0.25) is 0 Å². The summed E-state index contributed by atoms with van der Waals surface area (Å²) in [5, 5.41) is 3.21. The van der Waals surface area contributed by atoms with Crippen molar-refractivity contribution in [3.05, 3.63) is 24.9 Å². The van der Waals surface area contributed by atoms with Crippen molar-refractivity contribution >= 4 is 5.82 Å². The molecule has 0 aliphatic carbocycles. The third-order valence-electron chi connectivity index (χ3n) is 2.35. The summed E-state index contributed by atoms with van der Waals surface area (Å²) in [5.41, 5.74) is 1.61. The Balaban J connectivity index is 2.39. The van der Waals surface area contributed by atoms with Gasteiger partial charge in [-0.1, -0.05) is 6.92 Å². The van der Waals surface area contributed by atoms with E-state index in [2.05, 4.69) is 22.2 Å². The Bertz CT molecular complexity index is 469. The van der Waals surface area contributed by atoms with Crippen molar-refractivity contribution < 1.29 is 9.15 Å². The summed E-state index contributed by atoms with van der Waals surface area (Å²) in [7, 11) is 1.61. The molecule has 2 heterocycles. The fourth-order valence-electron chi connectivity index (χ4n) is 1.54. The molecule has 0 saturated carbocycles. The molecule has 5 nitrogen and oxygen atoms in total. The van der Waals surface area contributed by atoms with Crippen LogP contribution in [-0.4, -0.2) is 23.6 Å². The molecule has 0 aromatic carbocycles. The second-order valence-electron chi connectivity index (χ2n) is 3.54. The summed E-state index contributed by atoms with van der Waals surface area (Å²) in [6, 6.07) is 1.84. The van der Waals surface area contributed by atoms with Crippen molar-refractivity contribution in [2.45, 2.75) is 13.3 Å². The molecule has 2 rings (SSSR count). The predicted molar refractivity (Wildman–Crippen MR) is 65.1 cm³/mol. The van der Waals surface area contributed by atoms with Gasteiger partial charge in [0, 0.05) is 12.1 Å². The van der Waals surface area contributed by atoms with Crippen LogP contribution in [0.2, 0.25) is 0 Å². The molecule has 0 unspecified atom stereocenters. The van der Waals surface area contributed by atoms with Crippen molar-refractivity contribution in [2.24, 2.45) is 0 Å². The number of rotatable bonds is 5. The minimum atomic E-state index is 0.641. The number of hydrogen-bond acceptors (Lipinski definition) is 5. The quantitative estimate of drug-likeness (QED) is 0.860. The topological polar surface area (TPSA) is 60.2 Å². The van der Waals surface area contributed by atoms with Crippen LogP contribution in [0.15, 0.2) is 29.3 Å². The van der Waals surface area contributed by atoms with Crippen LogP contribution in [-0.2, 0) is 0 Å². The number of anilines is 1. The van der Waals surface area contributed by atoms with E-state index >= 15 is 0 Å². The third-order valence-corrected chi connectivity index (χ3v) is 2.35. The van der Waals surface area contributed by atoms with Crippen LogP contribution >= 0.6 is 0 Å². The van der Waals surface area contributed by atoms with Crippen molar-refractivity contribution in [1.82, 2.24) is 9.97 Å².